The van der Waals surface area contributed by atoms with Crippen LogP contribution in [0.4, 0.5) is 0 Å². The van der Waals surface area contributed by atoms with Crippen LogP contribution in [0.25, 0.3) is 11.2 Å². The monoisotopic (exact) mass is 238 g/mol. The summed E-state index contributed by atoms with van der Waals surface area (Å²) in [5, 5.41) is 9.22. The lowest BCUT2D eigenvalue weighted by Gasteiger charge is -2.07. The van der Waals surface area contributed by atoms with Crippen LogP contribution >= 0.6 is 0 Å². The summed E-state index contributed by atoms with van der Waals surface area (Å²) in [7, 11) is 1.69. The number of aliphatic hydroxyl groups excluding tert-OH is 1. The van der Waals surface area contributed by atoms with Gasteiger partial charge in [0.15, 0.2) is 11.2 Å². The van der Waals surface area contributed by atoms with E-state index in [-0.39, 0.29) is 0 Å². The minimum Gasteiger partial charge on any atom is -0.393 e. The Morgan fingerprint density at radius 3 is 2.88 bits per heavy atom. The molecule has 0 spiro atoms. The molecule has 0 aliphatic heterocycles. The molecule has 0 saturated carbocycles. The Labute approximate surface area is 96.3 Å². The molecule has 2 aromatic heterocycles. The number of nitrogens with zero attached hydrogens (tertiary/aromatic N) is 3. The number of fused-ring (bicyclic) bond motifs is 1. The molecule has 1 unspecified atom stereocenters. The summed E-state index contributed by atoms with van der Waals surface area (Å²) in [5.74, 6) is 0. The lowest BCUT2D eigenvalue weighted by Crippen LogP contribution is -2.31. The summed E-state index contributed by atoms with van der Waals surface area (Å²) < 4.78 is 2.93. The molecule has 0 fully saturated rings. The fourth-order valence-corrected chi connectivity index (χ4v) is 1.72. The van der Waals surface area contributed by atoms with Crippen LogP contribution < -0.4 is 11.2 Å². The van der Waals surface area contributed by atoms with Gasteiger partial charge in [-0.2, -0.15) is 0 Å². The number of rotatable bonds is 3. The first-order valence-electron chi connectivity index (χ1n) is 5.33. The number of hydrogen-bond donors (Lipinski definition) is 2. The van der Waals surface area contributed by atoms with E-state index in [0.29, 0.717) is 24.1 Å². The Balaban J connectivity index is 2.62. The number of hydrogen-bond acceptors (Lipinski definition) is 4. The van der Waals surface area contributed by atoms with E-state index in [0.717, 1.165) is 0 Å². The minimum atomic E-state index is -0.507. The van der Waals surface area contributed by atoms with Gasteiger partial charge in [-0.05, 0) is 13.3 Å². The third kappa shape index (κ3) is 2.01. The number of aromatic nitrogens is 4. The van der Waals surface area contributed by atoms with E-state index in [1.165, 1.54) is 10.9 Å². The smallest absolute Gasteiger partial charge is 0.330 e. The molecule has 2 heterocycles. The largest absolute Gasteiger partial charge is 0.393 e. The van der Waals surface area contributed by atoms with Crippen molar-refractivity contribution in [2.75, 3.05) is 0 Å². The molecule has 2 aromatic rings. The van der Waals surface area contributed by atoms with Crippen LogP contribution in [-0.4, -0.2) is 30.3 Å². The number of imidazole rings is 1. The first-order chi connectivity index (χ1) is 8.00. The summed E-state index contributed by atoms with van der Waals surface area (Å²) in [6.45, 7) is 1.97. The highest BCUT2D eigenvalue weighted by molar-refractivity contribution is 5.69. The highest BCUT2D eigenvalue weighted by atomic mass is 16.3. The van der Waals surface area contributed by atoms with Gasteiger partial charge >= 0.3 is 5.69 Å². The average Bonchev–Trinajstić information content (AvgIpc) is 2.60. The van der Waals surface area contributed by atoms with E-state index in [9.17, 15) is 14.7 Å². The fourth-order valence-electron chi connectivity index (χ4n) is 1.72. The topological polar surface area (TPSA) is 92.9 Å². The van der Waals surface area contributed by atoms with Crippen molar-refractivity contribution < 1.29 is 5.11 Å². The van der Waals surface area contributed by atoms with E-state index in [4.69, 9.17) is 0 Å². The summed E-state index contributed by atoms with van der Waals surface area (Å²) in [6.07, 6.45) is 1.41. The van der Waals surface area contributed by atoms with Crippen molar-refractivity contribution in [3.8, 4) is 0 Å². The summed E-state index contributed by atoms with van der Waals surface area (Å²) >= 11 is 0. The molecule has 0 radical (unpaired) electrons. The second-order valence-electron chi connectivity index (χ2n) is 4.08. The minimum absolute atomic E-state index is 0.320. The molecule has 0 aliphatic carbocycles. The Hall–Kier alpha value is -1.89. The third-order valence-electron chi connectivity index (χ3n) is 2.62. The molecule has 92 valence electrons. The normalized spacial score (nSPS) is 13.1. The molecule has 2 rings (SSSR count). The van der Waals surface area contributed by atoms with Gasteiger partial charge in [0.25, 0.3) is 5.56 Å². The SMILES string of the molecule is CC(O)CCn1c(=O)[nH]c(=O)c2c1ncn2C. The van der Waals surface area contributed by atoms with E-state index >= 15 is 0 Å². The van der Waals surface area contributed by atoms with Gasteiger partial charge in [-0.25, -0.2) is 9.78 Å². The first-order valence-corrected chi connectivity index (χ1v) is 5.33. The second-order valence-corrected chi connectivity index (χ2v) is 4.08. The number of aryl methyl sites for hydroxylation is 2. The van der Waals surface area contributed by atoms with Gasteiger partial charge in [0.2, 0.25) is 0 Å². The zero-order valence-electron chi connectivity index (χ0n) is 9.67. The van der Waals surface area contributed by atoms with Gasteiger partial charge < -0.3 is 9.67 Å². The molecule has 0 saturated heterocycles. The van der Waals surface area contributed by atoms with Crippen LogP contribution in [0.5, 0.6) is 0 Å². The van der Waals surface area contributed by atoms with Gasteiger partial charge in [-0.15, -0.1) is 0 Å². The Kier molecular flexibility index (Phi) is 2.84. The quantitative estimate of drug-likeness (QED) is 0.731. The number of nitrogens with one attached hydrogen (secondary N) is 1. The van der Waals surface area contributed by atoms with Crippen LogP contribution in [0, 0.1) is 0 Å². The summed E-state index contributed by atoms with van der Waals surface area (Å²) in [5.41, 5.74) is -0.239. The fraction of sp³-hybridized carbons (Fsp3) is 0.500. The van der Waals surface area contributed by atoms with E-state index in [1.807, 2.05) is 0 Å². The van der Waals surface area contributed by atoms with E-state index in [2.05, 4.69) is 9.97 Å². The van der Waals surface area contributed by atoms with Crippen molar-refractivity contribution in [1.29, 1.82) is 0 Å². The number of H-pyrrole nitrogens is 1. The lowest BCUT2D eigenvalue weighted by atomic mass is 10.3. The molecule has 0 amide bonds. The molecule has 2 N–H and O–H groups in total. The zero-order valence-corrected chi connectivity index (χ0v) is 9.67. The zero-order chi connectivity index (χ0) is 12.6. The highest BCUT2D eigenvalue weighted by Crippen LogP contribution is 2.05. The Morgan fingerprint density at radius 2 is 2.24 bits per heavy atom. The first kappa shape index (κ1) is 11.6. The van der Waals surface area contributed by atoms with Crippen molar-refractivity contribution >= 4 is 11.2 Å². The lowest BCUT2D eigenvalue weighted by molar-refractivity contribution is 0.178. The molecular formula is C10H14N4O3. The van der Waals surface area contributed by atoms with Crippen molar-refractivity contribution in [1.82, 2.24) is 19.1 Å². The maximum Gasteiger partial charge on any atom is 0.330 e. The molecular weight excluding hydrogens is 224 g/mol. The maximum absolute atomic E-state index is 11.7. The van der Waals surface area contributed by atoms with Gasteiger partial charge in [0.05, 0.1) is 12.4 Å². The van der Waals surface area contributed by atoms with Crippen molar-refractivity contribution in [2.24, 2.45) is 7.05 Å². The van der Waals surface area contributed by atoms with E-state index in [1.54, 1.807) is 18.5 Å². The van der Waals surface area contributed by atoms with Gasteiger partial charge in [0.1, 0.15) is 0 Å². The van der Waals surface area contributed by atoms with Crippen LogP contribution in [0.2, 0.25) is 0 Å². The molecule has 0 aliphatic rings. The number of aromatic amines is 1. The molecule has 0 aromatic carbocycles. The van der Waals surface area contributed by atoms with Gasteiger partial charge in [0, 0.05) is 13.6 Å². The summed E-state index contributed by atoms with van der Waals surface area (Å²) in [6, 6.07) is 0. The Bertz CT molecular complexity index is 650. The maximum atomic E-state index is 11.7. The third-order valence-corrected chi connectivity index (χ3v) is 2.62. The standard InChI is InChI=1S/C10H14N4O3/c1-6(15)3-4-14-8-7(13(2)5-11-8)9(16)12-10(14)17/h5-6,15H,3-4H2,1-2H3,(H,12,16,17). The van der Waals surface area contributed by atoms with E-state index < -0.39 is 17.4 Å². The molecule has 17 heavy (non-hydrogen) atoms. The van der Waals surface area contributed by atoms with Crippen LogP contribution in [0.1, 0.15) is 13.3 Å². The summed E-state index contributed by atoms with van der Waals surface area (Å²) in [4.78, 5) is 29.5. The Morgan fingerprint density at radius 1 is 1.53 bits per heavy atom. The predicted octanol–water partition coefficient (Wildman–Crippen LogP) is -0.806. The molecule has 1 atom stereocenters. The van der Waals surface area contributed by atoms with Crippen molar-refractivity contribution in [3.05, 3.63) is 27.2 Å². The van der Waals surface area contributed by atoms with Gasteiger partial charge in [-0.3, -0.25) is 14.3 Å². The molecule has 7 heteroatoms. The van der Waals surface area contributed by atoms with Crippen molar-refractivity contribution in [2.45, 2.75) is 26.0 Å². The average molecular weight is 238 g/mol. The predicted molar refractivity (Wildman–Crippen MR) is 61.9 cm³/mol. The highest BCUT2D eigenvalue weighted by Gasteiger charge is 2.12. The van der Waals surface area contributed by atoms with Crippen molar-refractivity contribution in [3.63, 3.8) is 0 Å². The molecule has 0 bridgehead atoms. The van der Waals surface area contributed by atoms with Gasteiger partial charge in [-0.1, -0.05) is 0 Å². The second kappa shape index (κ2) is 4.17. The van der Waals surface area contributed by atoms with Crippen LogP contribution in [0.3, 0.4) is 0 Å². The van der Waals surface area contributed by atoms with Crippen LogP contribution in [0.15, 0.2) is 15.9 Å². The molecule has 7 nitrogen and oxygen atoms in total. The van der Waals surface area contributed by atoms with Crippen LogP contribution in [-0.2, 0) is 13.6 Å². The number of aliphatic hydroxyl groups is 1.